The van der Waals surface area contributed by atoms with Crippen LogP contribution in [0.1, 0.15) is 84.1 Å². The molecule has 13 N–H and O–H groups in total. The van der Waals surface area contributed by atoms with E-state index in [0.717, 1.165) is 35.9 Å². The molecule has 21 nitrogen and oxygen atoms in total. The van der Waals surface area contributed by atoms with E-state index in [2.05, 4.69) is 47.5 Å². The highest BCUT2D eigenvalue weighted by molar-refractivity contribution is 8.00. The fourth-order valence-electron chi connectivity index (χ4n) is 7.67. The average Bonchev–Trinajstić information content (AvgIpc) is 3.96. The number of amides is 10. The Morgan fingerprint density at radius 2 is 1.56 bits per heavy atom. The largest absolute Gasteiger partial charge is 0.368 e. The molecule has 0 radical (unpaired) electrons. The van der Waals surface area contributed by atoms with E-state index in [9.17, 15) is 43.2 Å². The molecule has 0 aliphatic carbocycles. The number of carbonyl (C=O) groups is 9. The predicted molar refractivity (Wildman–Crippen MR) is 237 cm³/mol. The van der Waals surface area contributed by atoms with Crippen LogP contribution in [0.4, 0.5) is 4.79 Å². The van der Waals surface area contributed by atoms with E-state index in [0.29, 0.717) is 43.0 Å². The van der Waals surface area contributed by atoms with Crippen LogP contribution in [0.15, 0.2) is 30.5 Å². The maximum Gasteiger partial charge on any atom is 0.315 e. The summed E-state index contributed by atoms with van der Waals surface area (Å²) in [4.78, 5) is 116. The van der Waals surface area contributed by atoms with Crippen molar-refractivity contribution >= 4 is 76.0 Å². The van der Waals surface area contributed by atoms with Crippen molar-refractivity contribution in [1.82, 2.24) is 53.0 Å². The molecule has 2 aliphatic rings. The number of H-pyrrole nitrogens is 1. The molecule has 2 saturated heterocycles. The second kappa shape index (κ2) is 25.4. The fourth-order valence-corrected chi connectivity index (χ4v) is 9.21. The number of thioether (sulfide) groups is 1. The van der Waals surface area contributed by atoms with Crippen molar-refractivity contribution in [1.29, 1.82) is 0 Å². The molecular weight excluding hydrogens is 851 g/mol. The fraction of sp³-hybridized carbons (Fsp3) is 0.595. The van der Waals surface area contributed by atoms with Crippen LogP contribution in [0, 0.1) is 11.8 Å². The monoisotopic (exact) mass is 913 g/mol. The van der Waals surface area contributed by atoms with Crippen LogP contribution < -0.4 is 53.7 Å². The minimum Gasteiger partial charge on any atom is -0.368 e. The van der Waals surface area contributed by atoms with Crippen LogP contribution in [-0.4, -0.2) is 124 Å². The lowest BCUT2D eigenvalue weighted by Gasteiger charge is -2.23. The lowest BCUT2D eigenvalue weighted by molar-refractivity contribution is -0.137. The van der Waals surface area contributed by atoms with Gasteiger partial charge in [-0.15, -0.1) is 0 Å². The first-order valence-corrected chi connectivity index (χ1v) is 22.8. The molecule has 352 valence electrons. The molecule has 7 atom stereocenters. The Labute approximate surface area is 375 Å². The van der Waals surface area contributed by atoms with Crippen molar-refractivity contribution in [2.24, 2.45) is 17.6 Å². The molecule has 64 heavy (non-hydrogen) atoms. The second-order valence-electron chi connectivity index (χ2n) is 16.7. The highest BCUT2D eigenvalue weighted by Crippen LogP contribution is 2.33. The van der Waals surface area contributed by atoms with Gasteiger partial charge in [0.1, 0.15) is 18.1 Å². The number of nitrogens with one attached hydrogen (secondary N) is 10. The van der Waals surface area contributed by atoms with E-state index in [1.807, 2.05) is 49.9 Å². The Hall–Kier alpha value is -5.90. The molecule has 10 amide bonds. The van der Waals surface area contributed by atoms with Crippen LogP contribution in [0.25, 0.3) is 10.9 Å². The Morgan fingerprint density at radius 3 is 2.30 bits per heavy atom. The maximum atomic E-state index is 13.5. The van der Waals surface area contributed by atoms with Gasteiger partial charge in [-0.05, 0) is 63.0 Å². The summed E-state index contributed by atoms with van der Waals surface area (Å²) in [6.45, 7) is 4.43. The van der Waals surface area contributed by atoms with E-state index < -0.39 is 78.5 Å². The van der Waals surface area contributed by atoms with Gasteiger partial charge in [0.2, 0.25) is 47.3 Å². The molecule has 2 aromatic rings. The van der Waals surface area contributed by atoms with Gasteiger partial charge in [-0.25, -0.2) is 10.3 Å². The van der Waals surface area contributed by atoms with Gasteiger partial charge in [-0.1, -0.05) is 38.5 Å². The minimum atomic E-state index is -1.21. The lowest BCUT2D eigenvalue weighted by Crippen LogP contribution is -2.55. The number of carbonyl (C=O) groups excluding carboxylic acids is 9. The number of para-hydroxylation sites is 1. The molecule has 22 heteroatoms. The van der Waals surface area contributed by atoms with Gasteiger partial charge in [0.15, 0.2) is 0 Å². The summed E-state index contributed by atoms with van der Waals surface area (Å²) in [6.07, 6.45) is 5.81. The summed E-state index contributed by atoms with van der Waals surface area (Å²) in [6, 6.07) is 4.15. The van der Waals surface area contributed by atoms with Gasteiger partial charge in [0, 0.05) is 59.8 Å². The van der Waals surface area contributed by atoms with Crippen molar-refractivity contribution in [3.05, 3.63) is 36.0 Å². The summed E-state index contributed by atoms with van der Waals surface area (Å²) < 4.78 is 0. The number of aromatic amines is 1. The van der Waals surface area contributed by atoms with Crippen molar-refractivity contribution in [3.63, 3.8) is 0 Å². The average molecular weight is 914 g/mol. The zero-order chi connectivity index (χ0) is 46.8. The number of fused-ring (bicyclic) bond motifs is 2. The molecule has 2 fully saturated rings. The number of aromatic nitrogens is 1. The topological polar surface area (TPSA) is 324 Å². The first-order valence-electron chi connectivity index (χ1n) is 21.7. The number of rotatable bonds is 27. The maximum absolute atomic E-state index is 13.5. The molecule has 0 bridgehead atoms. The second-order valence-corrected chi connectivity index (χ2v) is 17.9. The van der Waals surface area contributed by atoms with Crippen molar-refractivity contribution in [2.45, 2.75) is 120 Å². The molecule has 1 unspecified atom stereocenters. The van der Waals surface area contributed by atoms with Crippen LogP contribution in [0.2, 0.25) is 0 Å². The Bertz CT molecular complexity index is 1980. The standard InChI is InChI=1S/C42H63N11O10S/c1-23(2)16-25(18-34(55)53-63)40(60)48-24(3)39(59)50-30(17-26-19-45-28-11-5-4-10-27(26)28)41(61)47-20-35(56)46-21-36(57)49-29(38(43)58)12-8-9-15-44-33(54)14-7-6-13-32-37-31(22-64-32)51-42(62)52-37/h4-5,10-11,19,23-25,29-32,37,45,63H,6-9,12-18,20-22H2,1-3H3,(H2,43,58)(H,44,54)(H,46,56)(H,47,61)(H,48,60)(H,49,57)(H,50,59)(H,53,55)(H2,51,52,62)/t24-,25?,29-,30-,31-,32-,37-/m0/s1. The van der Waals surface area contributed by atoms with Crippen LogP contribution in [0.5, 0.6) is 0 Å². The first kappa shape index (κ1) is 50.7. The third kappa shape index (κ3) is 16.3. The number of hydrogen-bond acceptors (Lipinski definition) is 11. The molecule has 2 aliphatic heterocycles. The molecule has 1 aromatic heterocycles. The van der Waals surface area contributed by atoms with Crippen LogP contribution in [0.3, 0.4) is 0 Å². The normalized spacial score (nSPS) is 18.3. The number of benzene rings is 1. The van der Waals surface area contributed by atoms with Crippen molar-refractivity contribution in [2.75, 3.05) is 25.4 Å². The third-order valence-corrected chi connectivity index (χ3v) is 12.5. The molecular formula is C42H63N11O10S. The van der Waals surface area contributed by atoms with E-state index in [1.165, 1.54) is 12.4 Å². The van der Waals surface area contributed by atoms with Crippen LogP contribution >= 0.6 is 11.8 Å². The number of urea groups is 1. The number of primary amides is 1. The number of nitrogens with two attached hydrogens (primary N) is 1. The van der Waals surface area contributed by atoms with Gasteiger partial charge >= 0.3 is 6.03 Å². The Morgan fingerprint density at radius 1 is 0.812 bits per heavy atom. The number of unbranched alkanes of at least 4 members (excludes halogenated alkanes) is 2. The van der Waals surface area contributed by atoms with Gasteiger partial charge in [-0.3, -0.25) is 43.6 Å². The Balaban J connectivity index is 1.18. The van der Waals surface area contributed by atoms with E-state index in [4.69, 9.17) is 10.9 Å². The van der Waals surface area contributed by atoms with Gasteiger partial charge in [0.25, 0.3) is 0 Å². The van der Waals surface area contributed by atoms with E-state index >= 15 is 0 Å². The SMILES string of the molecule is CC(C)CC(CC(=O)NO)C(=O)N[C@@H](C)C(=O)N[C@@H](Cc1c[nH]c2ccccc12)C(=O)NCC(=O)NCC(=O)N[C@@H](CCCCNC(=O)CCCC[C@@H]1SC[C@@H]2NC(=O)N[C@@H]21)C(N)=O. The van der Waals surface area contributed by atoms with Gasteiger partial charge in [-0.2, -0.15) is 11.8 Å². The van der Waals surface area contributed by atoms with E-state index in [-0.39, 0.29) is 49.2 Å². The summed E-state index contributed by atoms with van der Waals surface area (Å²) >= 11 is 1.84. The van der Waals surface area contributed by atoms with Gasteiger partial charge in [0.05, 0.1) is 25.2 Å². The van der Waals surface area contributed by atoms with Crippen molar-refractivity contribution < 1.29 is 48.4 Å². The zero-order valence-electron chi connectivity index (χ0n) is 36.5. The summed E-state index contributed by atoms with van der Waals surface area (Å²) in [5.74, 6) is -4.97. The number of hydroxylamine groups is 1. The third-order valence-electron chi connectivity index (χ3n) is 11.0. The number of hydrogen-bond donors (Lipinski definition) is 12. The van der Waals surface area contributed by atoms with Crippen LogP contribution in [-0.2, 0) is 44.8 Å². The van der Waals surface area contributed by atoms with Gasteiger partial charge < -0.3 is 53.3 Å². The molecule has 1 aromatic carbocycles. The summed E-state index contributed by atoms with van der Waals surface area (Å²) in [5.41, 5.74) is 8.51. The molecule has 0 saturated carbocycles. The molecule has 0 spiro atoms. The van der Waals surface area contributed by atoms with Crippen molar-refractivity contribution in [3.8, 4) is 0 Å². The Kier molecular flexibility index (Phi) is 20.1. The highest BCUT2D eigenvalue weighted by atomic mass is 32.2. The molecule has 4 rings (SSSR count). The minimum absolute atomic E-state index is 0.00227. The lowest BCUT2D eigenvalue weighted by atomic mass is 9.93. The summed E-state index contributed by atoms with van der Waals surface area (Å²) in [5, 5.41) is 31.4. The zero-order valence-corrected chi connectivity index (χ0v) is 37.3. The highest BCUT2D eigenvalue weighted by Gasteiger charge is 2.42. The first-order chi connectivity index (χ1) is 30.5. The predicted octanol–water partition coefficient (Wildman–Crippen LogP) is -0.527. The molecule has 3 heterocycles. The summed E-state index contributed by atoms with van der Waals surface area (Å²) in [7, 11) is 0. The quantitative estimate of drug-likeness (QED) is 0.0234. The van der Waals surface area contributed by atoms with E-state index in [1.54, 1.807) is 6.20 Å². The smallest absolute Gasteiger partial charge is 0.315 e.